The molecule has 2 aliphatic heterocycles. The third kappa shape index (κ3) is 5.20. The van der Waals surface area contributed by atoms with Crippen molar-refractivity contribution < 1.29 is 24.2 Å². The van der Waals surface area contributed by atoms with Crippen LogP contribution in [0.5, 0.6) is 0 Å². The summed E-state index contributed by atoms with van der Waals surface area (Å²) in [5, 5.41) is 12.4. The Balaban J connectivity index is 1.51. The van der Waals surface area contributed by atoms with Gasteiger partial charge >= 0.3 is 5.97 Å². The molecule has 2 atom stereocenters. The summed E-state index contributed by atoms with van der Waals surface area (Å²) in [6.45, 7) is 1.68. The number of thioether (sulfide) groups is 1. The summed E-state index contributed by atoms with van der Waals surface area (Å²) in [4.78, 5) is 23.2. The van der Waals surface area contributed by atoms with Crippen LogP contribution in [0.3, 0.4) is 0 Å². The van der Waals surface area contributed by atoms with Crippen LogP contribution in [-0.2, 0) is 24.8 Å². The molecule has 25 heavy (non-hydrogen) atoms. The molecule has 7 heteroatoms. The molecule has 2 saturated heterocycles. The zero-order chi connectivity index (χ0) is 17.6. The topological polar surface area (TPSA) is 84.9 Å². The van der Waals surface area contributed by atoms with E-state index in [0.29, 0.717) is 18.1 Å². The average molecular weight is 365 g/mol. The maximum Gasteiger partial charge on any atom is 0.332 e. The van der Waals surface area contributed by atoms with E-state index < -0.39 is 18.2 Å². The molecular formula is C18H23NO5S. The van der Waals surface area contributed by atoms with Gasteiger partial charge in [-0.25, -0.2) is 4.79 Å². The van der Waals surface area contributed by atoms with Crippen LogP contribution < -0.4 is 5.32 Å². The summed E-state index contributed by atoms with van der Waals surface area (Å²) in [6.07, 6.45) is 1.41. The molecule has 0 spiro atoms. The lowest BCUT2D eigenvalue weighted by Crippen LogP contribution is -2.29. The molecule has 0 saturated carbocycles. The number of nitrogens with one attached hydrogen (secondary N) is 1. The third-order valence-corrected chi connectivity index (χ3v) is 5.88. The second kappa shape index (κ2) is 8.69. The minimum atomic E-state index is -1.01. The molecule has 1 amide bonds. The third-order valence-electron chi connectivity index (χ3n) is 4.44. The van der Waals surface area contributed by atoms with E-state index in [1.54, 1.807) is 0 Å². The lowest BCUT2D eigenvalue weighted by Gasteiger charge is -2.21. The van der Waals surface area contributed by atoms with E-state index in [0.717, 1.165) is 43.1 Å². The highest BCUT2D eigenvalue weighted by atomic mass is 32.2. The minimum absolute atomic E-state index is 0.280. The fourth-order valence-electron chi connectivity index (χ4n) is 3.03. The molecule has 1 aromatic carbocycles. The van der Waals surface area contributed by atoms with E-state index in [2.05, 4.69) is 11.4 Å². The SMILES string of the molecule is O=C(Nc1cccc(CSC2CCOCC2)c1)[C@@H]1CC[C@H](C(=O)O)O1. The molecule has 0 unspecified atom stereocenters. The number of carbonyl (C=O) groups is 2. The van der Waals surface area contributed by atoms with E-state index in [9.17, 15) is 9.59 Å². The Labute approximate surface area is 151 Å². The van der Waals surface area contributed by atoms with Crippen LogP contribution >= 0.6 is 11.8 Å². The zero-order valence-electron chi connectivity index (χ0n) is 14.0. The highest BCUT2D eigenvalue weighted by Crippen LogP contribution is 2.27. The molecule has 2 aliphatic rings. The number of aliphatic carboxylic acids is 1. The second-order valence-corrected chi connectivity index (χ2v) is 7.63. The van der Waals surface area contributed by atoms with E-state index in [-0.39, 0.29) is 5.91 Å². The molecule has 136 valence electrons. The van der Waals surface area contributed by atoms with Gasteiger partial charge in [0.25, 0.3) is 5.91 Å². The Morgan fingerprint density at radius 3 is 2.64 bits per heavy atom. The second-order valence-electron chi connectivity index (χ2n) is 6.34. The molecule has 0 aromatic heterocycles. The van der Waals surface area contributed by atoms with Crippen molar-refractivity contribution in [1.29, 1.82) is 0 Å². The summed E-state index contributed by atoms with van der Waals surface area (Å²) in [5.74, 6) is -0.393. The summed E-state index contributed by atoms with van der Waals surface area (Å²) < 4.78 is 10.7. The van der Waals surface area contributed by atoms with Gasteiger partial charge in [-0.2, -0.15) is 11.8 Å². The molecule has 2 fully saturated rings. The van der Waals surface area contributed by atoms with Crippen molar-refractivity contribution in [3.63, 3.8) is 0 Å². The predicted octanol–water partition coefficient (Wildman–Crippen LogP) is 2.67. The normalized spacial score (nSPS) is 24.2. The number of carbonyl (C=O) groups excluding carboxylic acids is 1. The summed E-state index contributed by atoms with van der Waals surface area (Å²) >= 11 is 1.92. The molecule has 0 radical (unpaired) electrons. The molecule has 3 rings (SSSR count). The Kier molecular flexibility index (Phi) is 6.34. The maximum atomic E-state index is 12.3. The number of anilines is 1. The first-order valence-electron chi connectivity index (χ1n) is 8.59. The Bertz CT molecular complexity index is 617. The number of amides is 1. The highest BCUT2D eigenvalue weighted by Gasteiger charge is 2.34. The quantitative estimate of drug-likeness (QED) is 0.806. The largest absolute Gasteiger partial charge is 0.479 e. The van der Waals surface area contributed by atoms with Crippen molar-refractivity contribution in [3.05, 3.63) is 29.8 Å². The van der Waals surface area contributed by atoms with E-state index in [1.807, 2.05) is 30.0 Å². The van der Waals surface area contributed by atoms with E-state index >= 15 is 0 Å². The Morgan fingerprint density at radius 1 is 1.16 bits per heavy atom. The van der Waals surface area contributed by atoms with Crippen molar-refractivity contribution in [1.82, 2.24) is 0 Å². The molecule has 0 aliphatic carbocycles. The first kappa shape index (κ1) is 18.2. The van der Waals surface area contributed by atoms with Crippen LogP contribution in [-0.4, -0.2) is 47.7 Å². The van der Waals surface area contributed by atoms with E-state index in [1.165, 1.54) is 0 Å². The summed E-state index contributed by atoms with van der Waals surface area (Å²) in [5.41, 5.74) is 1.88. The Hall–Kier alpha value is -1.57. The molecule has 1 aromatic rings. The molecule has 0 bridgehead atoms. The van der Waals surface area contributed by atoms with Crippen LogP contribution in [0.4, 0.5) is 5.69 Å². The van der Waals surface area contributed by atoms with E-state index in [4.69, 9.17) is 14.6 Å². The van der Waals surface area contributed by atoms with Gasteiger partial charge in [0.1, 0.15) is 6.10 Å². The van der Waals surface area contributed by atoms with Crippen LogP contribution in [0.15, 0.2) is 24.3 Å². The highest BCUT2D eigenvalue weighted by molar-refractivity contribution is 7.99. The fourth-order valence-corrected chi connectivity index (χ4v) is 4.16. The standard InChI is InChI=1S/C18H23NO5S/c20-17(15-4-5-16(24-15)18(21)22)19-13-3-1-2-12(10-13)11-25-14-6-8-23-9-7-14/h1-3,10,14-16H,4-9,11H2,(H,19,20)(H,21,22)/t15-,16+/m0/s1. The number of carboxylic acids is 1. The number of rotatable bonds is 6. The summed E-state index contributed by atoms with van der Waals surface area (Å²) in [7, 11) is 0. The average Bonchev–Trinajstić information content (AvgIpc) is 3.12. The van der Waals surface area contributed by atoms with Gasteiger partial charge in [0.15, 0.2) is 6.10 Å². The lowest BCUT2D eigenvalue weighted by molar-refractivity contribution is -0.150. The van der Waals surface area contributed by atoms with Crippen LogP contribution in [0.2, 0.25) is 0 Å². The molecule has 6 nitrogen and oxygen atoms in total. The zero-order valence-corrected chi connectivity index (χ0v) is 14.8. The van der Waals surface area contributed by atoms with Gasteiger partial charge in [-0.15, -0.1) is 0 Å². The fraction of sp³-hybridized carbons (Fsp3) is 0.556. The van der Waals surface area contributed by atoms with Gasteiger partial charge in [0.05, 0.1) is 0 Å². The Morgan fingerprint density at radius 2 is 1.92 bits per heavy atom. The van der Waals surface area contributed by atoms with Crippen molar-refractivity contribution in [3.8, 4) is 0 Å². The maximum absolute atomic E-state index is 12.3. The molecular weight excluding hydrogens is 342 g/mol. The lowest BCUT2D eigenvalue weighted by atomic mass is 10.1. The summed E-state index contributed by atoms with van der Waals surface area (Å²) in [6, 6.07) is 7.78. The first-order chi connectivity index (χ1) is 12.1. The number of carboxylic acid groups (broad SMARTS) is 1. The molecule has 2 N–H and O–H groups in total. The van der Waals surface area contributed by atoms with Gasteiger partial charge < -0.3 is 19.9 Å². The van der Waals surface area contributed by atoms with Gasteiger partial charge in [-0.3, -0.25) is 4.79 Å². The van der Waals surface area contributed by atoms with Crippen molar-refractivity contribution in [2.24, 2.45) is 0 Å². The van der Waals surface area contributed by atoms with Gasteiger partial charge in [-0.1, -0.05) is 12.1 Å². The number of benzene rings is 1. The number of ether oxygens (including phenoxy) is 2. The van der Waals surface area contributed by atoms with Crippen LogP contribution in [0.25, 0.3) is 0 Å². The monoisotopic (exact) mass is 365 g/mol. The predicted molar refractivity (Wildman–Crippen MR) is 95.7 cm³/mol. The minimum Gasteiger partial charge on any atom is -0.479 e. The van der Waals surface area contributed by atoms with Crippen LogP contribution in [0, 0.1) is 0 Å². The number of hydrogen-bond acceptors (Lipinski definition) is 5. The van der Waals surface area contributed by atoms with Gasteiger partial charge in [0, 0.05) is 29.9 Å². The smallest absolute Gasteiger partial charge is 0.332 e. The number of hydrogen-bond donors (Lipinski definition) is 2. The first-order valence-corrected chi connectivity index (χ1v) is 9.64. The van der Waals surface area contributed by atoms with Gasteiger partial charge in [-0.05, 0) is 43.4 Å². The van der Waals surface area contributed by atoms with Crippen molar-refractivity contribution >= 4 is 29.3 Å². The molecule has 2 heterocycles. The van der Waals surface area contributed by atoms with Gasteiger partial charge in [0.2, 0.25) is 0 Å². The van der Waals surface area contributed by atoms with Crippen LogP contribution in [0.1, 0.15) is 31.2 Å². The van der Waals surface area contributed by atoms with Crippen molar-refractivity contribution in [2.45, 2.75) is 48.9 Å². The van der Waals surface area contributed by atoms with Crippen molar-refractivity contribution in [2.75, 3.05) is 18.5 Å².